The summed E-state index contributed by atoms with van der Waals surface area (Å²) in [5.41, 5.74) is 1.51. The minimum absolute atomic E-state index is 0.138. The molecule has 0 unspecified atom stereocenters. The Kier molecular flexibility index (Phi) is 5.69. The Morgan fingerprint density at radius 1 is 1.05 bits per heavy atom. The molecular weight excluding hydrogens is 272 g/mol. The van der Waals surface area contributed by atoms with Gasteiger partial charge in [0.05, 0.1) is 0 Å². The minimum Gasteiger partial charge on any atom is -0.489 e. The van der Waals surface area contributed by atoms with Gasteiger partial charge in [0.1, 0.15) is 24.0 Å². The summed E-state index contributed by atoms with van der Waals surface area (Å²) in [5, 5.41) is 3.31. The fraction of sp³-hybridized carbons (Fsp3) is 0.294. The van der Waals surface area contributed by atoms with Gasteiger partial charge in [-0.05, 0) is 36.7 Å². The molecule has 2 aromatic rings. The summed E-state index contributed by atoms with van der Waals surface area (Å²) in [5.74, 6) is -0.455. The molecule has 0 heterocycles. The molecule has 21 heavy (non-hydrogen) atoms. The second-order valence-corrected chi connectivity index (χ2v) is 4.85. The highest BCUT2D eigenvalue weighted by Crippen LogP contribution is 2.19. The molecule has 0 fully saturated rings. The fourth-order valence-corrected chi connectivity index (χ4v) is 2.05. The minimum atomic E-state index is -0.591. The van der Waals surface area contributed by atoms with Gasteiger partial charge in [-0.3, -0.25) is 0 Å². The van der Waals surface area contributed by atoms with Crippen molar-refractivity contribution in [1.82, 2.24) is 5.32 Å². The molecule has 0 spiro atoms. The van der Waals surface area contributed by atoms with Crippen LogP contribution >= 0.6 is 0 Å². The number of halogens is 2. The van der Waals surface area contributed by atoms with Crippen LogP contribution in [0.1, 0.15) is 24.5 Å². The predicted octanol–water partition coefficient (Wildman–Crippen LogP) is 4.04. The lowest BCUT2D eigenvalue weighted by atomic mass is 10.2. The van der Waals surface area contributed by atoms with Crippen LogP contribution in [0.3, 0.4) is 0 Å². The molecule has 0 radical (unpaired) electrons. The summed E-state index contributed by atoms with van der Waals surface area (Å²) in [7, 11) is 0. The van der Waals surface area contributed by atoms with E-state index in [0.717, 1.165) is 30.3 Å². The van der Waals surface area contributed by atoms with E-state index in [1.54, 1.807) is 0 Å². The van der Waals surface area contributed by atoms with E-state index in [0.29, 0.717) is 12.1 Å². The molecule has 0 aliphatic carbocycles. The lowest BCUT2D eigenvalue weighted by molar-refractivity contribution is 0.300. The van der Waals surface area contributed by atoms with Crippen LogP contribution in [-0.2, 0) is 13.2 Å². The Bertz CT molecular complexity index is 567. The van der Waals surface area contributed by atoms with E-state index in [9.17, 15) is 8.78 Å². The van der Waals surface area contributed by atoms with Crippen molar-refractivity contribution < 1.29 is 13.5 Å². The highest BCUT2D eigenvalue weighted by atomic mass is 19.1. The SMILES string of the molecule is CCCNCc1ccccc1OCc1cc(F)cc(F)c1. The Labute approximate surface area is 123 Å². The molecule has 112 valence electrons. The van der Waals surface area contributed by atoms with Crippen LogP contribution in [0.4, 0.5) is 8.78 Å². The number of rotatable bonds is 7. The fourth-order valence-electron chi connectivity index (χ4n) is 2.05. The van der Waals surface area contributed by atoms with Crippen LogP contribution in [0.5, 0.6) is 5.75 Å². The first kappa shape index (κ1) is 15.4. The first-order valence-electron chi connectivity index (χ1n) is 7.05. The average molecular weight is 291 g/mol. The topological polar surface area (TPSA) is 21.3 Å². The molecular formula is C17H19F2NO. The van der Waals surface area contributed by atoms with Gasteiger partial charge < -0.3 is 10.1 Å². The monoisotopic (exact) mass is 291 g/mol. The van der Waals surface area contributed by atoms with Crippen molar-refractivity contribution in [1.29, 1.82) is 0 Å². The number of para-hydroxylation sites is 1. The van der Waals surface area contributed by atoms with Gasteiger partial charge in [0.2, 0.25) is 0 Å². The standard InChI is InChI=1S/C17H19F2NO/c1-2-7-20-11-14-5-3-4-6-17(14)21-12-13-8-15(18)10-16(19)9-13/h3-6,8-10,20H,2,7,11-12H2,1H3. The number of ether oxygens (including phenoxy) is 1. The zero-order valence-electron chi connectivity index (χ0n) is 12.0. The third-order valence-corrected chi connectivity index (χ3v) is 3.03. The normalized spacial score (nSPS) is 10.6. The van der Waals surface area contributed by atoms with Crippen molar-refractivity contribution in [3.05, 3.63) is 65.2 Å². The smallest absolute Gasteiger partial charge is 0.126 e. The second kappa shape index (κ2) is 7.74. The van der Waals surface area contributed by atoms with Crippen LogP contribution in [0.15, 0.2) is 42.5 Å². The molecule has 0 saturated carbocycles. The molecule has 0 amide bonds. The summed E-state index contributed by atoms with van der Waals surface area (Å²) in [4.78, 5) is 0. The van der Waals surface area contributed by atoms with E-state index >= 15 is 0 Å². The van der Waals surface area contributed by atoms with Gasteiger partial charge in [-0.15, -0.1) is 0 Å². The van der Waals surface area contributed by atoms with Gasteiger partial charge in [-0.2, -0.15) is 0 Å². The van der Waals surface area contributed by atoms with Gasteiger partial charge in [0.25, 0.3) is 0 Å². The van der Waals surface area contributed by atoms with Crippen molar-refractivity contribution in [2.24, 2.45) is 0 Å². The zero-order chi connectivity index (χ0) is 15.1. The number of benzene rings is 2. The van der Waals surface area contributed by atoms with Crippen molar-refractivity contribution in [3.8, 4) is 5.75 Å². The molecule has 0 aliphatic heterocycles. The van der Waals surface area contributed by atoms with Gasteiger partial charge in [-0.25, -0.2) is 8.78 Å². The summed E-state index contributed by atoms with van der Waals surface area (Å²) < 4.78 is 32.0. The lowest BCUT2D eigenvalue weighted by Gasteiger charge is -2.12. The Hall–Kier alpha value is -1.94. The van der Waals surface area contributed by atoms with E-state index < -0.39 is 11.6 Å². The van der Waals surface area contributed by atoms with Crippen LogP contribution in [-0.4, -0.2) is 6.54 Å². The second-order valence-electron chi connectivity index (χ2n) is 4.85. The van der Waals surface area contributed by atoms with Crippen molar-refractivity contribution in [2.45, 2.75) is 26.5 Å². The van der Waals surface area contributed by atoms with Crippen LogP contribution in [0.2, 0.25) is 0 Å². The summed E-state index contributed by atoms with van der Waals surface area (Å²) in [6.07, 6.45) is 1.06. The molecule has 0 saturated heterocycles. The number of hydrogen-bond acceptors (Lipinski definition) is 2. The molecule has 1 N–H and O–H groups in total. The molecule has 2 aromatic carbocycles. The Morgan fingerprint density at radius 2 is 1.76 bits per heavy atom. The van der Waals surface area contributed by atoms with E-state index in [-0.39, 0.29) is 6.61 Å². The van der Waals surface area contributed by atoms with Crippen LogP contribution < -0.4 is 10.1 Å². The lowest BCUT2D eigenvalue weighted by Crippen LogP contribution is -2.14. The largest absolute Gasteiger partial charge is 0.489 e. The molecule has 0 aliphatic rings. The highest BCUT2D eigenvalue weighted by Gasteiger charge is 2.05. The van der Waals surface area contributed by atoms with E-state index in [2.05, 4.69) is 12.2 Å². The Balaban J connectivity index is 2.02. The maximum Gasteiger partial charge on any atom is 0.126 e. The maximum absolute atomic E-state index is 13.1. The van der Waals surface area contributed by atoms with E-state index in [4.69, 9.17) is 4.74 Å². The third kappa shape index (κ3) is 4.83. The summed E-state index contributed by atoms with van der Waals surface area (Å²) in [6, 6.07) is 11.1. The number of hydrogen-bond donors (Lipinski definition) is 1. The number of nitrogens with one attached hydrogen (secondary N) is 1. The first-order chi connectivity index (χ1) is 10.2. The highest BCUT2D eigenvalue weighted by molar-refractivity contribution is 5.33. The van der Waals surface area contributed by atoms with Gasteiger partial charge in [0, 0.05) is 18.2 Å². The average Bonchev–Trinajstić information content (AvgIpc) is 2.45. The molecule has 4 heteroatoms. The molecule has 0 atom stereocenters. The van der Waals surface area contributed by atoms with Crippen molar-refractivity contribution in [2.75, 3.05) is 6.54 Å². The molecule has 2 nitrogen and oxygen atoms in total. The predicted molar refractivity (Wildman–Crippen MR) is 79.1 cm³/mol. The van der Waals surface area contributed by atoms with Gasteiger partial charge in [0.15, 0.2) is 0 Å². The van der Waals surface area contributed by atoms with Crippen molar-refractivity contribution in [3.63, 3.8) is 0 Å². The third-order valence-electron chi connectivity index (χ3n) is 3.03. The van der Waals surface area contributed by atoms with Gasteiger partial charge >= 0.3 is 0 Å². The summed E-state index contributed by atoms with van der Waals surface area (Å²) in [6.45, 7) is 3.89. The first-order valence-corrected chi connectivity index (χ1v) is 7.05. The van der Waals surface area contributed by atoms with Crippen LogP contribution in [0.25, 0.3) is 0 Å². The molecule has 0 aromatic heterocycles. The van der Waals surface area contributed by atoms with Gasteiger partial charge in [-0.1, -0.05) is 25.1 Å². The van der Waals surface area contributed by atoms with Crippen LogP contribution in [0, 0.1) is 11.6 Å². The molecule has 2 rings (SSSR count). The maximum atomic E-state index is 13.1. The molecule has 0 bridgehead atoms. The summed E-state index contributed by atoms with van der Waals surface area (Å²) >= 11 is 0. The quantitative estimate of drug-likeness (QED) is 0.777. The van der Waals surface area contributed by atoms with E-state index in [1.165, 1.54) is 12.1 Å². The zero-order valence-corrected chi connectivity index (χ0v) is 12.0. The van der Waals surface area contributed by atoms with E-state index in [1.807, 2.05) is 24.3 Å². The Morgan fingerprint density at radius 3 is 2.48 bits per heavy atom. The van der Waals surface area contributed by atoms with Crippen molar-refractivity contribution >= 4 is 0 Å².